The van der Waals surface area contributed by atoms with Crippen molar-refractivity contribution in [3.05, 3.63) is 121 Å². The Labute approximate surface area is 255 Å². The summed E-state index contributed by atoms with van der Waals surface area (Å²) in [5.41, 5.74) is 0.599. The van der Waals surface area contributed by atoms with Crippen LogP contribution >= 0.6 is 0 Å². The molecule has 0 N–H and O–H groups in total. The summed E-state index contributed by atoms with van der Waals surface area (Å²) in [6.07, 6.45) is 6.86. The zero-order valence-corrected chi connectivity index (χ0v) is 24.2. The molecule has 0 saturated carbocycles. The molecule has 0 atom stereocenters. The van der Waals surface area contributed by atoms with Crippen molar-refractivity contribution in [1.29, 1.82) is 0 Å². The average molecular weight is 593 g/mol. The van der Waals surface area contributed by atoms with Crippen molar-refractivity contribution in [2.45, 2.75) is 38.5 Å². The molecule has 44 heavy (non-hydrogen) atoms. The van der Waals surface area contributed by atoms with Crippen LogP contribution in [0.3, 0.4) is 0 Å². The smallest absolute Gasteiger partial charge is 0.343 e. The predicted octanol–water partition coefficient (Wildman–Crippen LogP) is 7.80. The van der Waals surface area contributed by atoms with Crippen LogP contribution in [-0.4, -0.2) is 23.9 Å². The summed E-state index contributed by atoms with van der Waals surface area (Å²) < 4.78 is 21.6. The topological polar surface area (TPSA) is 105 Å². The van der Waals surface area contributed by atoms with Crippen molar-refractivity contribution in [1.82, 2.24) is 0 Å². The third kappa shape index (κ3) is 9.25. The summed E-state index contributed by atoms with van der Waals surface area (Å²) in [5.74, 6) is -0.446. The average Bonchev–Trinajstić information content (AvgIpc) is 3.02. The number of fused-ring (bicyclic) bond motifs is 1. The van der Waals surface area contributed by atoms with Crippen molar-refractivity contribution < 1.29 is 38.1 Å². The second-order valence-electron chi connectivity index (χ2n) is 9.81. The Bertz CT molecular complexity index is 1530. The first kappa shape index (κ1) is 31.4. The number of esters is 4. The van der Waals surface area contributed by atoms with E-state index in [1.165, 1.54) is 24.3 Å². The van der Waals surface area contributed by atoms with Crippen molar-refractivity contribution in [2.24, 2.45) is 0 Å². The molecule has 0 fully saturated rings. The number of benzene rings is 4. The highest BCUT2D eigenvalue weighted by Gasteiger charge is 2.13. The lowest BCUT2D eigenvalue weighted by atomic mass is 10.1. The number of rotatable bonds is 14. The van der Waals surface area contributed by atoms with Crippen molar-refractivity contribution in [2.75, 3.05) is 0 Å². The van der Waals surface area contributed by atoms with E-state index < -0.39 is 11.9 Å². The van der Waals surface area contributed by atoms with Crippen LogP contribution in [0.5, 0.6) is 23.0 Å². The lowest BCUT2D eigenvalue weighted by molar-refractivity contribution is -0.135. The largest absolute Gasteiger partial charge is 0.427 e. The van der Waals surface area contributed by atoms with Crippen molar-refractivity contribution in [3.8, 4) is 23.0 Å². The number of ether oxygens (including phenoxy) is 4. The second kappa shape index (κ2) is 15.7. The van der Waals surface area contributed by atoms with Gasteiger partial charge in [0.05, 0.1) is 11.1 Å². The van der Waals surface area contributed by atoms with Gasteiger partial charge in [-0.1, -0.05) is 24.3 Å². The second-order valence-corrected chi connectivity index (χ2v) is 9.81. The van der Waals surface area contributed by atoms with Crippen LogP contribution in [0.2, 0.25) is 0 Å². The monoisotopic (exact) mass is 592 g/mol. The van der Waals surface area contributed by atoms with Crippen LogP contribution in [0.4, 0.5) is 0 Å². The van der Waals surface area contributed by atoms with Crippen molar-refractivity contribution in [3.63, 3.8) is 0 Å². The van der Waals surface area contributed by atoms with Gasteiger partial charge in [-0.15, -0.1) is 13.2 Å². The molecular weight excluding hydrogens is 560 g/mol. The molecular formula is C36H32O8. The molecule has 0 aliphatic heterocycles. The van der Waals surface area contributed by atoms with Crippen LogP contribution < -0.4 is 18.9 Å². The van der Waals surface area contributed by atoms with Crippen molar-refractivity contribution >= 4 is 34.6 Å². The fourth-order valence-corrected chi connectivity index (χ4v) is 4.13. The molecule has 4 rings (SSSR count). The Kier molecular flexibility index (Phi) is 11.2. The third-order valence-corrected chi connectivity index (χ3v) is 6.43. The Morgan fingerprint density at radius 2 is 0.864 bits per heavy atom. The minimum absolute atomic E-state index is 0.284. The lowest BCUT2D eigenvalue weighted by Crippen LogP contribution is -2.10. The maximum Gasteiger partial charge on any atom is 0.343 e. The summed E-state index contributed by atoms with van der Waals surface area (Å²) in [6.45, 7) is 7.25. The summed E-state index contributed by atoms with van der Waals surface area (Å²) in [5, 5.41) is 1.54. The van der Waals surface area contributed by atoms with Crippen LogP contribution in [0, 0.1) is 0 Å². The number of hydrogen-bond donors (Lipinski definition) is 0. The van der Waals surface area contributed by atoms with Gasteiger partial charge >= 0.3 is 23.9 Å². The maximum atomic E-state index is 12.7. The van der Waals surface area contributed by atoms with E-state index in [2.05, 4.69) is 13.2 Å². The quantitative estimate of drug-likeness (QED) is 0.0632. The molecule has 0 aliphatic carbocycles. The Morgan fingerprint density at radius 3 is 1.23 bits per heavy atom. The van der Waals surface area contributed by atoms with Crippen LogP contribution in [0.25, 0.3) is 10.8 Å². The van der Waals surface area contributed by atoms with Gasteiger partial charge in [-0.2, -0.15) is 0 Å². The molecule has 0 spiro atoms. The summed E-state index contributed by atoms with van der Waals surface area (Å²) in [4.78, 5) is 49.1. The van der Waals surface area contributed by atoms with E-state index in [1.54, 1.807) is 72.8 Å². The van der Waals surface area contributed by atoms with Gasteiger partial charge in [-0.25, -0.2) is 9.59 Å². The molecule has 8 nitrogen and oxygen atoms in total. The zero-order valence-electron chi connectivity index (χ0n) is 24.2. The molecule has 224 valence electrons. The minimum Gasteiger partial charge on any atom is -0.427 e. The van der Waals surface area contributed by atoms with Gasteiger partial charge < -0.3 is 18.9 Å². The fraction of sp³-hybridized carbons (Fsp3) is 0.167. The minimum atomic E-state index is -0.563. The Balaban J connectivity index is 1.31. The van der Waals surface area contributed by atoms with Gasteiger partial charge in [0.15, 0.2) is 0 Å². The lowest BCUT2D eigenvalue weighted by Gasteiger charge is -2.09. The summed E-state index contributed by atoms with van der Waals surface area (Å²) in [7, 11) is 0. The number of unbranched alkanes of at least 4 members (excludes halogenated alkanes) is 2. The highest BCUT2D eigenvalue weighted by molar-refractivity contribution is 5.94. The van der Waals surface area contributed by atoms with E-state index in [4.69, 9.17) is 18.9 Å². The maximum absolute atomic E-state index is 12.7. The van der Waals surface area contributed by atoms with Crippen LogP contribution in [-0.2, 0) is 9.59 Å². The molecule has 0 unspecified atom stereocenters. The molecule has 0 heterocycles. The predicted molar refractivity (Wildman–Crippen MR) is 166 cm³/mol. The van der Waals surface area contributed by atoms with Gasteiger partial charge in [-0.3, -0.25) is 9.59 Å². The molecule has 4 aromatic rings. The van der Waals surface area contributed by atoms with E-state index in [-0.39, 0.29) is 24.8 Å². The first-order valence-corrected chi connectivity index (χ1v) is 14.2. The molecule has 8 heteroatoms. The highest BCUT2D eigenvalue weighted by Crippen LogP contribution is 2.27. The van der Waals surface area contributed by atoms with Gasteiger partial charge in [0.25, 0.3) is 0 Å². The van der Waals surface area contributed by atoms with Gasteiger partial charge in [0.2, 0.25) is 0 Å². The number of hydrogen-bond acceptors (Lipinski definition) is 8. The Morgan fingerprint density at radius 1 is 0.500 bits per heavy atom. The first-order valence-electron chi connectivity index (χ1n) is 14.2. The number of carbonyl (C=O) groups is 4. The van der Waals surface area contributed by atoms with E-state index >= 15 is 0 Å². The SMILES string of the molecule is C=CCCCC(=O)Oc1ccc(C(=O)Oc2ccc3cc(OC(=O)c4ccc(OC(=O)CCCC=C)cc4)ccc3c2)cc1. The first-order chi connectivity index (χ1) is 21.3. The normalized spacial score (nSPS) is 10.5. The van der Waals surface area contributed by atoms with E-state index in [0.29, 0.717) is 47.0 Å². The number of allylic oxidation sites excluding steroid dienone is 2. The fourth-order valence-electron chi connectivity index (χ4n) is 4.13. The third-order valence-electron chi connectivity index (χ3n) is 6.43. The molecule has 0 aliphatic rings. The van der Waals surface area contributed by atoms with Gasteiger partial charge in [0.1, 0.15) is 23.0 Å². The highest BCUT2D eigenvalue weighted by atomic mass is 16.5. The summed E-state index contributed by atoms with van der Waals surface area (Å²) >= 11 is 0. The molecule has 0 amide bonds. The van der Waals surface area contributed by atoms with E-state index in [0.717, 1.165) is 23.6 Å². The zero-order chi connectivity index (χ0) is 31.3. The molecule has 0 aromatic heterocycles. The number of carbonyl (C=O) groups excluding carboxylic acids is 4. The molecule has 0 saturated heterocycles. The Hall–Kier alpha value is -5.50. The van der Waals surface area contributed by atoms with E-state index in [9.17, 15) is 19.2 Å². The van der Waals surface area contributed by atoms with Gasteiger partial charge in [-0.05, 0) is 109 Å². The summed E-state index contributed by atoms with van der Waals surface area (Å²) in [6, 6.07) is 22.5. The van der Waals surface area contributed by atoms with Gasteiger partial charge in [0, 0.05) is 12.8 Å². The molecule has 4 aromatic carbocycles. The molecule has 0 bridgehead atoms. The standard InChI is InChI=1S/C36H32O8/c1-3-5-7-9-33(37)41-29-17-11-25(12-18-29)35(39)43-31-21-15-28-24-32(22-16-27(28)23-31)44-36(40)26-13-19-30(20-14-26)42-34(38)10-8-6-4-2/h3-4,11-24H,1-2,5-10H2. The van der Waals surface area contributed by atoms with Crippen LogP contribution in [0.1, 0.15) is 59.2 Å². The van der Waals surface area contributed by atoms with Crippen LogP contribution in [0.15, 0.2) is 110 Å². The van der Waals surface area contributed by atoms with E-state index in [1.807, 2.05) is 0 Å². The molecule has 0 radical (unpaired) electrons.